The molecule has 3 aromatic carbocycles. The molecule has 0 aliphatic heterocycles. The second kappa shape index (κ2) is 18.4. The summed E-state index contributed by atoms with van der Waals surface area (Å²) in [7, 11) is 0. The van der Waals surface area contributed by atoms with E-state index in [0.29, 0.717) is 75.5 Å². The number of aromatic nitrogens is 3. The molecule has 1 aromatic heterocycles. The van der Waals surface area contributed by atoms with Crippen LogP contribution >= 0.6 is 0 Å². The van der Waals surface area contributed by atoms with Crippen LogP contribution in [-0.2, 0) is 9.47 Å². The Hall–Kier alpha value is -4.54. The van der Waals surface area contributed by atoms with Gasteiger partial charge in [-0.25, -0.2) is 0 Å². The number of benzene rings is 3. The summed E-state index contributed by atoms with van der Waals surface area (Å²) in [5.41, 5.74) is 3.22. The maximum Gasteiger partial charge on any atom is 0.251 e. The molecule has 1 aliphatic carbocycles. The molecule has 4 N–H and O–H groups in total. The highest BCUT2D eigenvalue weighted by molar-refractivity contribution is 5.94. The number of anilines is 3. The first kappa shape index (κ1) is 32.8. The third-order valence-electron chi connectivity index (χ3n) is 7.91. The number of amides is 1. The molecule has 0 spiro atoms. The van der Waals surface area contributed by atoms with Crippen LogP contribution in [-0.4, -0.2) is 73.0 Å². The second-order valence-corrected chi connectivity index (χ2v) is 11.3. The average molecular weight is 624 g/mol. The Morgan fingerprint density at radius 2 is 1.17 bits per heavy atom. The van der Waals surface area contributed by atoms with Crippen molar-refractivity contribution in [3.05, 3.63) is 108 Å². The molecule has 10 heteroatoms. The minimum Gasteiger partial charge on any atom is -0.377 e. The molecule has 46 heavy (non-hydrogen) atoms. The van der Waals surface area contributed by atoms with Crippen LogP contribution in [0.5, 0.6) is 0 Å². The number of ether oxygens (including phenoxy) is 2. The molecule has 4 aromatic rings. The van der Waals surface area contributed by atoms with Gasteiger partial charge < -0.3 is 30.7 Å². The van der Waals surface area contributed by atoms with Crippen LogP contribution in [0.15, 0.2) is 91.0 Å². The summed E-state index contributed by atoms with van der Waals surface area (Å²) in [6.45, 7) is 3.50. The maximum absolute atomic E-state index is 12.1. The van der Waals surface area contributed by atoms with Gasteiger partial charge in [0, 0.05) is 37.2 Å². The number of carbonyl (C=O) groups is 1. The summed E-state index contributed by atoms with van der Waals surface area (Å²) in [6.07, 6.45) is 5.60. The van der Waals surface area contributed by atoms with Crippen molar-refractivity contribution >= 4 is 23.8 Å². The quantitative estimate of drug-likeness (QED) is 0.0970. The predicted octanol–water partition coefficient (Wildman–Crippen LogP) is 5.74. The summed E-state index contributed by atoms with van der Waals surface area (Å²) in [5, 5.41) is 13.1. The summed E-state index contributed by atoms with van der Waals surface area (Å²) in [6, 6.07) is 30.8. The van der Waals surface area contributed by atoms with Crippen molar-refractivity contribution in [2.45, 2.75) is 44.1 Å². The lowest BCUT2D eigenvalue weighted by molar-refractivity contribution is 0.0519. The Labute approximate surface area is 271 Å². The standard InChI is InChI=1S/C36H45N7O3/c44-33(30-16-8-3-9-17-30)37-22-24-45-26-27-46-25-23-39-35-41-34(42-36(43-35)40-31-18-10-11-19-31)38-21-20-32(28-12-4-1-5-13-28)29-14-6-2-7-15-29/h1-9,12-17,31-32H,10-11,18-27H2,(H,37,44)(H3,38,39,40,41,42,43). The smallest absolute Gasteiger partial charge is 0.251 e. The third kappa shape index (κ3) is 10.8. The number of nitrogens with one attached hydrogen (secondary N) is 4. The van der Waals surface area contributed by atoms with Crippen molar-refractivity contribution in [1.29, 1.82) is 0 Å². The number of nitrogens with zero attached hydrogens (tertiary/aromatic N) is 3. The van der Waals surface area contributed by atoms with Crippen LogP contribution in [0.3, 0.4) is 0 Å². The van der Waals surface area contributed by atoms with Gasteiger partial charge in [0.2, 0.25) is 17.8 Å². The SMILES string of the molecule is O=C(NCCOCCOCCNc1nc(NCCC(c2ccccc2)c2ccccc2)nc(NC2CCCC2)n1)c1ccccc1. The summed E-state index contributed by atoms with van der Waals surface area (Å²) in [4.78, 5) is 26.1. The van der Waals surface area contributed by atoms with E-state index in [2.05, 4.69) is 91.9 Å². The van der Waals surface area contributed by atoms with Gasteiger partial charge >= 0.3 is 0 Å². The van der Waals surface area contributed by atoms with Gasteiger partial charge in [-0.2, -0.15) is 15.0 Å². The fraction of sp³-hybridized carbons (Fsp3) is 0.389. The molecule has 0 saturated heterocycles. The summed E-state index contributed by atoms with van der Waals surface area (Å²) >= 11 is 0. The van der Waals surface area contributed by atoms with E-state index in [9.17, 15) is 4.79 Å². The minimum atomic E-state index is -0.103. The zero-order valence-electron chi connectivity index (χ0n) is 26.4. The topological polar surface area (TPSA) is 122 Å². The zero-order chi connectivity index (χ0) is 31.7. The molecule has 1 aliphatic rings. The lowest BCUT2D eigenvalue weighted by atomic mass is 9.88. The highest BCUT2D eigenvalue weighted by atomic mass is 16.5. The Balaban J connectivity index is 1.06. The highest BCUT2D eigenvalue weighted by Gasteiger charge is 2.18. The Morgan fingerprint density at radius 3 is 1.78 bits per heavy atom. The molecule has 1 heterocycles. The van der Waals surface area contributed by atoms with Crippen molar-refractivity contribution in [1.82, 2.24) is 20.3 Å². The van der Waals surface area contributed by atoms with Gasteiger partial charge in [0.15, 0.2) is 0 Å². The van der Waals surface area contributed by atoms with E-state index >= 15 is 0 Å². The third-order valence-corrected chi connectivity index (χ3v) is 7.91. The number of hydrogen-bond donors (Lipinski definition) is 4. The molecule has 1 amide bonds. The van der Waals surface area contributed by atoms with E-state index in [-0.39, 0.29) is 11.8 Å². The van der Waals surface area contributed by atoms with E-state index in [1.54, 1.807) is 12.1 Å². The summed E-state index contributed by atoms with van der Waals surface area (Å²) < 4.78 is 11.3. The van der Waals surface area contributed by atoms with Crippen LogP contribution in [0.1, 0.15) is 59.5 Å². The van der Waals surface area contributed by atoms with Crippen LogP contribution in [0, 0.1) is 0 Å². The van der Waals surface area contributed by atoms with Crippen LogP contribution in [0.2, 0.25) is 0 Å². The second-order valence-electron chi connectivity index (χ2n) is 11.3. The van der Waals surface area contributed by atoms with Crippen molar-refractivity contribution in [3.63, 3.8) is 0 Å². The Morgan fingerprint density at radius 1 is 0.652 bits per heavy atom. The van der Waals surface area contributed by atoms with Crippen molar-refractivity contribution in [3.8, 4) is 0 Å². The molecule has 242 valence electrons. The van der Waals surface area contributed by atoms with Gasteiger partial charge in [-0.1, -0.05) is 91.7 Å². The number of hydrogen-bond acceptors (Lipinski definition) is 9. The van der Waals surface area contributed by atoms with Gasteiger partial charge in [-0.3, -0.25) is 4.79 Å². The fourth-order valence-electron chi connectivity index (χ4n) is 5.56. The zero-order valence-corrected chi connectivity index (χ0v) is 26.4. The van der Waals surface area contributed by atoms with Crippen molar-refractivity contribution < 1.29 is 14.3 Å². The van der Waals surface area contributed by atoms with Gasteiger partial charge in [0.25, 0.3) is 5.91 Å². The molecule has 0 radical (unpaired) electrons. The first-order valence-corrected chi connectivity index (χ1v) is 16.3. The lowest BCUT2D eigenvalue weighted by Crippen LogP contribution is -2.27. The molecule has 0 unspecified atom stereocenters. The summed E-state index contributed by atoms with van der Waals surface area (Å²) in [5.74, 6) is 1.80. The van der Waals surface area contributed by atoms with E-state index in [1.165, 1.54) is 24.0 Å². The number of carbonyl (C=O) groups excluding carboxylic acids is 1. The molecule has 1 fully saturated rings. The van der Waals surface area contributed by atoms with Crippen LogP contribution in [0.4, 0.5) is 17.8 Å². The van der Waals surface area contributed by atoms with Gasteiger partial charge in [0.05, 0.1) is 26.4 Å². The van der Waals surface area contributed by atoms with E-state index < -0.39 is 0 Å². The van der Waals surface area contributed by atoms with E-state index in [4.69, 9.17) is 14.5 Å². The molecular formula is C36H45N7O3. The predicted molar refractivity (Wildman–Crippen MR) is 182 cm³/mol. The largest absolute Gasteiger partial charge is 0.377 e. The van der Waals surface area contributed by atoms with E-state index in [0.717, 1.165) is 19.3 Å². The average Bonchev–Trinajstić information content (AvgIpc) is 3.61. The lowest BCUT2D eigenvalue weighted by Gasteiger charge is -2.19. The van der Waals surface area contributed by atoms with Crippen LogP contribution in [0.25, 0.3) is 0 Å². The van der Waals surface area contributed by atoms with Crippen molar-refractivity contribution in [2.75, 3.05) is 62.0 Å². The van der Waals surface area contributed by atoms with Gasteiger partial charge in [-0.05, 0) is 42.5 Å². The first-order valence-electron chi connectivity index (χ1n) is 16.3. The van der Waals surface area contributed by atoms with Gasteiger partial charge in [0.1, 0.15) is 0 Å². The first-order chi connectivity index (χ1) is 22.7. The molecule has 1 saturated carbocycles. The molecule has 10 nitrogen and oxygen atoms in total. The van der Waals surface area contributed by atoms with Crippen molar-refractivity contribution in [2.24, 2.45) is 0 Å². The minimum absolute atomic E-state index is 0.103. The van der Waals surface area contributed by atoms with E-state index in [1.807, 2.05) is 18.2 Å². The molecule has 5 rings (SSSR count). The maximum atomic E-state index is 12.1. The van der Waals surface area contributed by atoms with Crippen LogP contribution < -0.4 is 21.3 Å². The fourth-order valence-corrected chi connectivity index (χ4v) is 5.56. The monoisotopic (exact) mass is 623 g/mol. The normalized spacial score (nSPS) is 13.1. The Kier molecular flexibility index (Phi) is 13.2. The number of rotatable bonds is 19. The molecule has 0 bridgehead atoms. The molecular weight excluding hydrogens is 578 g/mol. The molecule has 0 atom stereocenters. The highest BCUT2D eigenvalue weighted by Crippen LogP contribution is 2.28. The Bertz CT molecular complexity index is 1400. The van der Waals surface area contributed by atoms with Gasteiger partial charge in [-0.15, -0.1) is 0 Å².